The number of aromatic nitrogens is 2. The Morgan fingerprint density at radius 3 is 2.75 bits per heavy atom. The van der Waals surface area contributed by atoms with E-state index in [4.69, 9.17) is 0 Å². The van der Waals surface area contributed by atoms with Crippen LogP contribution in [-0.2, 0) is 16.4 Å². The molecule has 2 aromatic rings. The third kappa shape index (κ3) is 2.91. The van der Waals surface area contributed by atoms with Gasteiger partial charge in [0.1, 0.15) is 0 Å². The highest BCUT2D eigenvalue weighted by molar-refractivity contribution is 7.93. The lowest BCUT2D eigenvalue weighted by Crippen LogP contribution is -2.16. The van der Waals surface area contributed by atoms with Crippen molar-refractivity contribution in [2.24, 2.45) is 0 Å². The summed E-state index contributed by atoms with van der Waals surface area (Å²) in [7, 11) is -2.09. The quantitative estimate of drug-likeness (QED) is 0.884. The summed E-state index contributed by atoms with van der Waals surface area (Å²) in [5.74, 6) is 0. The number of thiazole rings is 1. The van der Waals surface area contributed by atoms with E-state index in [0.29, 0.717) is 10.8 Å². The molecule has 0 aromatic carbocycles. The third-order valence-electron chi connectivity index (χ3n) is 2.74. The lowest BCUT2D eigenvalue weighted by atomic mass is 10.3. The Bertz CT molecular complexity index is 710. The summed E-state index contributed by atoms with van der Waals surface area (Å²) in [6, 6.07) is 3.33. The molecule has 2 heterocycles. The Kier molecular flexibility index (Phi) is 4.24. The lowest BCUT2D eigenvalue weighted by molar-refractivity contribution is 0.598. The minimum Gasteiger partial charge on any atom is -0.386 e. The molecule has 0 radical (unpaired) electrons. The Morgan fingerprint density at radius 1 is 1.40 bits per heavy atom. The van der Waals surface area contributed by atoms with Crippen molar-refractivity contribution >= 4 is 32.2 Å². The highest BCUT2D eigenvalue weighted by atomic mass is 32.2. The number of sulfonamides is 1. The zero-order valence-electron chi connectivity index (χ0n) is 11.5. The van der Waals surface area contributed by atoms with Gasteiger partial charge in [-0.2, -0.15) is 8.42 Å². The van der Waals surface area contributed by atoms with E-state index in [-0.39, 0.29) is 5.03 Å². The Hall–Kier alpha value is -1.67. The topological polar surface area (TPSA) is 84.0 Å². The van der Waals surface area contributed by atoms with Gasteiger partial charge >= 0.3 is 0 Å². The van der Waals surface area contributed by atoms with Gasteiger partial charge in [0.25, 0.3) is 10.0 Å². The number of aryl methyl sites for hydroxylation is 2. The number of hydrogen-bond acceptors (Lipinski definition) is 6. The van der Waals surface area contributed by atoms with Crippen LogP contribution in [0.1, 0.15) is 17.5 Å². The van der Waals surface area contributed by atoms with Gasteiger partial charge in [-0.05, 0) is 25.5 Å². The molecule has 0 aliphatic rings. The Balaban J connectivity index is 2.35. The molecule has 0 amide bonds. The molecular weight excluding hydrogens is 296 g/mol. The molecule has 0 atom stereocenters. The highest BCUT2D eigenvalue weighted by Crippen LogP contribution is 2.26. The van der Waals surface area contributed by atoms with Crippen molar-refractivity contribution < 1.29 is 8.42 Å². The van der Waals surface area contributed by atoms with Gasteiger partial charge in [-0.1, -0.05) is 6.92 Å². The molecular formula is C12H16N4O2S2. The van der Waals surface area contributed by atoms with E-state index < -0.39 is 10.0 Å². The molecule has 6 nitrogen and oxygen atoms in total. The van der Waals surface area contributed by atoms with Gasteiger partial charge in [0, 0.05) is 18.1 Å². The lowest BCUT2D eigenvalue weighted by Gasteiger charge is -2.08. The van der Waals surface area contributed by atoms with E-state index in [2.05, 4.69) is 20.0 Å². The van der Waals surface area contributed by atoms with E-state index in [1.165, 1.54) is 17.5 Å². The number of nitrogens with one attached hydrogen (secondary N) is 2. The first-order valence-corrected chi connectivity index (χ1v) is 8.39. The third-order valence-corrected chi connectivity index (χ3v) is 5.10. The number of hydrogen-bond donors (Lipinski definition) is 2. The number of pyridine rings is 1. The Labute approximate surface area is 122 Å². The molecule has 2 N–H and O–H groups in total. The first-order chi connectivity index (χ1) is 9.47. The molecule has 0 unspecified atom stereocenters. The van der Waals surface area contributed by atoms with Crippen molar-refractivity contribution in [3.63, 3.8) is 0 Å². The highest BCUT2D eigenvalue weighted by Gasteiger charge is 2.21. The summed E-state index contributed by atoms with van der Waals surface area (Å²) < 4.78 is 27.2. The van der Waals surface area contributed by atoms with Crippen molar-refractivity contribution in [3.05, 3.63) is 28.9 Å². The van der Waals surface area contributed by atoms with Gasteiger partial charge in [0.2, 0.25) is 0 Å². The van der Waals surface area contributed by atoms with Crippen LogP contribution in [0.4, 0.5) is 10.8 Å². The zero-order chi connectivity index (χ0) is 14.8. The summed E-state index contributed by atoms with van der Waals surface area (Å²) in [6.07, 6.45) is 2.22. The maximum Gasteiger partial charge on any atom is 0.283 e. The predicted octanol–water partition coefficient (Wildman–Crippen LogP) is 2.25. The van der Waals surface area contributed by atoms with Gasteiger partial charge in [-0.25, -0.2) is 9.97 Å². The molecule has 0 saturated carbocycles. The first kappa shape index (κ1) is 14.7. The molecule has 0 aliphatic heterocycles. The average Bonchev–Trinajstić information content (AvgIpc) is 2.77. The largest absolute Gasteiger partial charge is 0.386 e. The molecule has 20 heavy (non-hydrogen) atoms. The fourth-order valence-corrected chi connectivity index (χ4v) is 4.04. The van der Waals surface area contributed by atoms with Crippen LogP contribution < -0.4 is 10.0 Å². The van der Waals surface area contributed by atoms with E-state index >= 15 is 0 Å². The fraction of sp³-hybridized carbons (Fsp3) is 0.333. The van der Waals surface area contributed by atoms with Crippen molar-refractivity contribution in [1.82, 2.24) is 9.97 Å². The average molecular weight is 312 g/mol. The minimum atomic E-state index is -3.74. The van der Waals surface area contributed by atoms with Crippen LogP contribution in [0.5, 0.6) is 0 Å². The normalized spacial score (nSPS) is 11.3. The standard InChI is InChI=1S/C12H16N4O2S2/c1-4-9-8(2)19-12(15-9)16-20(17,18)11-10(13-3)6-5-7-14-11/h5-7,13H,4H2,1-3H3,(H,15,16). The van der Waals surface area contributed by atoms with Gasteiger partial charge < -0.3 is 5.32 Å². The second-order valence-corrected chi connectivity index (χ2v) is 6.89. The van der Waals surface area contributed by atoms with Crippen molar-refractivity contribution in [2.45, 2.75) is 25.3 Å². The molecule has 0 fully saturated rings. The Morgan fingerprint density at radius 2 is 2.15 bits per heavy atom. The van der Waals surface area contributed by atoms with Crippen LogP contribution in [-0.4, -0.2) is 25.4 Å². The SMILES string of the molecule is CCc1nc(NS(=O)(=O)c2ncccc2NC)sc1C. The molecule has 108 valence electrons. The zero-order valence-corrected chi connectivity index (χ0v) is 13.1. The smallest absolute Gasteiger partial charge is 0.283 e. The van der Waals surface area contributed by atoms with Gasteiger partial charge in [0.15, 0.2) is 10.2 Å². The van der Waals surface area contributed by atoms with Crippen molar-refractivity contribution in [2.75, 3.05) is 17.1 Å². The summed E-state index contributed by atoms with van der Waals surface area (Å²) in [6.45, 7) is 3.91. The van der Waals surface area contributed by atoms with Gasteiger partial charge in [0.05, 0.1) is 11.4 Å². The summed E-state index contributed by atoms with van der Waals surface area (Å²) in [5, 5.41) is 3.15. The second kappa shape index (κ2) is 5.76. The number of anilines is 2. The van der Waals surface area contributed by atoms with Crippen LogP contribution in [0.2, 0.25) is 0 Å². The van der Waals surface area contributed by atoms with E-state index in [1.54, 1.807) is 19.2 Å². The molecule has 0 aliphatic carbocycles. The van der Waals surface area contributed by atoms with Crippen molar-refractivity contribution in [1.29, 1.82) is 0 Å². The fourth-order valence-electron chi connectivity index (χ4n) is 1.76. The van der Waals surface area contributed by atoms with Crippen LogP contribution in [0.3, 0.4) is 0 Å². The molecule has 0 saturated heterocycles. The summed E-state index contributed by atoms with van der Waals surface area (Å²) >= 11 is 1.32. The van der Waals surface area contributed by atoms with Crippen LogP contribution in [0.25, 0.3) is 0 Å². The van der Waals surface area contributed by atoms with Crippen LogP contribution in [0, 0.1) is 6.92 Å². The van der Waals surface area contributed by atoms with Gasteiger partial charge in [-0.15, -0.1) is 11.3 Å². The predicted molar refractivity (Wildman–Crippen MR) is 80.8 cm³/mol. The number of rotatable bonds is 5. The number of nitrogens with zero attached hydrogens (tertiary/aromatic N) is 2. The minimum absolute atomic E-state index is 0.0339. The molecule has 0 bridgehead atoms. The monoisotopic (exact) mass is 312 g/mol. The summed E-state index contributed by atoms with van der Waals surface area (Å²) in [4.78, 5) is 9.22. The first-order valence-electron chi connectivity index (χ1n) is 6.09. The van der Waals surface area contributed by atoms with E-state index in [0.717, 1.165) is 17.0 Å². The molecule has 2 rings (SSSR count). The van der Waals surface area contributed by atoms with Crippen LogP contribution in [0.15, 0.2) is 23.4 Å². The summed E-state index contributed by atoms with van der Waals surface area (Å²) in [5.41, 5.74) is 1.35. The molecule has 8 heteroatoms. The van der Waals surface area contributed by atoms with Crippen LogP contribution >= 0.6 is 11.3 Å². The second-order valence-electron chi connectivity index (χ2n) is 4.09. The molecule has 0 spiro atoms. The molecule has 2 aromatic heterocycles. The van der Waals surface area contributed by atoms with Gasteiger partial charge in [-0.3, -0.25) is 4.72 Å². The maximum absolute atomic E-state index is 12.3. The van der Waals surface area contributed by atoms with E-state index in [1.807, 2.05) is 13.8 Å². The van der Waals surface area contributed by atoms with Crippen molar-refractivity contribution in [3.8, 4) is 0 Å². The maximum atomic E-state index is 12.3. The van der Waals surface area contributed by atoms with E-state index in [9.17, 15) is 8.42 Å².